The predicted octanol–water partition coefficient (Wildman–Crippen LogP) is 0.804. The number of rotatable bonds is 8. The summed E-state index contributed by atoms with van der Waals surface area (Å²) < 4.78 is 0. The van der Waals surface area contributed by atoms with Crippen molar-refractivity contribution in [1.29, 1.82) is 0 Å². The number of amides is 2. The Morgan fingerprint density at radius 3 is 2.23 bits per heavy atom. The molecule has 0 fully saturated rings. The maximum Gasteiger partial charge on any atom is 0.329 e. The lowest BCUT2D eigenvalue weighted by molar-refractivity contribution is -0.147. The molecule has 0 aliphatic heterocycles. The van der Waals surface area contributed by atoms with Gasteiger partial charge in [0.2, 0.25) is 11.8 Å². The fourth-order valence-corrected chi connectivity index (χ4v) is 2.82. The topological polar surface area (TPSA) is 162 Å². The molecule has 0 aliphatic rings. The van der Waals surface area contributed by atoms with Crippen molar-refractivity contribution < 1.29 is 29.7 Å². The number of carbonyl (C=O) groups excluding carboxylic acids is 2. The van der Waals surface area contributed by atoms with E-state index in [4.69, 9.17) is 5.73 Å². The number of hydrogen-bond donors (Lipinski definition) is 6. The molecule has 9 heteroatoms. The van der Waals surface area contributed by atoms with Gasteiger partial charge in [-0.05, 0) is 37.1 Å². The number of hydrogen-bond acceptors (Lipinski definition) is 6. The fraction of sp³-hybridized carbons (Fsp3) is 0.286. The lowest BCUT2D eigenvalue weighted by Gasteiger charge is -2.28. The molecule has 0 unspecified atom stereocenters. The van der Waals surface area contributed by atoms with Crippen LogP contribution in [0.15, 0.2) is 48.5 Å². The second-order valence-electron chi connectivity index (χ2n) is 7.24. The third-order valence-corrected chi connectivity index (χ3v) is 4.66. The monoisotopic (exact) mass is 415 g/mol. The Morgan fingerprint density at radius 2 is 1.67 bits per heavy atom. The van der Waals surface area contributed by atoms with Crippen LogP contribution in [-0.2, 0) is 20.8 Å². The van der Waals surface area contributed by atoms with Crippen molar-refractivity contribution in [3.05, 3.63) is 59.7 Å². The minimum absolute atomic E-state index is 0.161. The molecule has 0 aromatic heterocycles. The van der Waals surface area contributed by atoms with Gasteiger partial charge in [0.1, 0.15) is 17.6 Å². The van der Waals surface area contributed by atoms with E-state index in [9.17, 15) is 29.7 Å². The van der Waals surface area contributed by atoms with E-state index < -0.39 is 41.2 Å². The molecule has 0 saturated carbocycles. The van der Waals surface area contributed by atoms with Crippen LogP contribution in [0.4, 0.5) is 0 Å². The number of nitrogens with two attached hydrogens (primary N) is 1. The van der Waals surface area contributed by atoms with Crippen LogP contribution in [0, 0.1) is 0 Å². The van der Waals surface area contributed by atoms with Gasteiger partial charge < -0.3 is 31.7 Å². The smallest absolute Gasteiger partial charge is 0.329 e. The first kappa shape index (κ1) is 22.7. The number of aliphatic carboxylic acids is 1. The third kappa shape index (κ3) is 5.48. The number of phenolic OH excluding ortho intramolecular Hbond substituents is 2. The molecule has 0 saturated heterocycles. The Labute approximate surface area is 173 Å². The van der Waals surface area contributed by atoms with Crippen LogP contribution in [-0.4, -0.2) is 44.7 Å². The highest BCUT2D eigenvalue weighted by Crippen LogP contribution is 2.27. The fourth-order valence-electron chi connectivity index (χ4n) is 2.82. The number of nitrogens with one attached hydrogen (secondary N) is 2. The summed E-state index contributed by atoms with van der Waals surface area (Å²) in [6.45, 7) is 2.72. The third-order valence-electron chi connectivity index (χ3n) is 4.66. The van der Waals surface area contributed by atoms with Crippen molar-refractivity contribution in [2.45, 2.75) is 37.9 Å². The highest BCUT2D eigenvalue weighted by molar-refractivity contribution is 5.93. The predicted molar refractivity (Wildman–Crippen MR) is 109 cm³/mol. The molecule has 0 radical (unpaired) electrons. The summed E-state index contributed by atoms with van der Waals surface area (Å²) >= 11 is 0. The zero-order valence-electron chi connectivity index (χ0n) is 16.6. The van der Waals surface area contributed by atoms with Gasteiger partial charge in [0.15, 0.2) is 11.5 Å². The summed E-state index contributed by atoms with van der Waals surface area (Å²) in [7, 11) is 0. The molecule has 0 bridgehead atoms. The molecule has 2 aromatic carbocycles. The van der Waals surface area contributed by atoms with E-state index in [0.29, 0.717) is 11.1 Å². The number of aromatic hydroxyl groups is 2. The van der Waals surface area contributed by atoms with E-state index in [1.807, 2.05) is 0 Å². The number of benzene rings is 2. The SMILES string of the molecule is C[C@H](NC(=O)[C@H](N)c1ccccc1)C(=O)N[C@@](C)(Cc1ccc(O)c(O)c1)C(=O)O. The van der Waals surface area contributed by atoms with Crippen LogP contribution in [0.25, 0.3) is 0 Å². The summed E-state index contributed by atoms with van der Waals surface area (Å²) in [5.41, 5.74) is 5.15. The summed E-state index contributed by atoms with van der Waals surface area (Å²) in [6, 6.07) is 10.5. The highest BCUT2D eigenvalue weighted by Gasteiger charge is 2.37. The second kappa shape index (κ2) is 9.27. The zero-order valence-corrected chi connectivity index (χ0v) is 16.6. The van der Waals surface area contributed by atoms with Crippen molar-refractivity contribution in [2.24, 2.45) is 5.73 Å². The van der Waals surface area contributed by atoms with E-state index in [-0.39, 0.29) is 12.2 Å². The molecule has 3 atom stereocenters. The molecule has 9 nitrogen and oxygen atoms in total. The number of carboxylic acid groups (broad SMARTS) is 1. The standard InChI is InChI=1S/C21H25N3O6/c1-12(23-19(28)17(22)14-6-4-3-5-7-14)18(27)24-21(2,20(29)30)11-13-8-9-15(25)16(26)10-13/h3-10,12,17,25-26H,11,22H2,1-2H3,(H,23,28)(H,24,27)(H,29,30)/t12-,17+,21-/m0/s1. The molecular formula is C21H25N3O6. The molecule has 30 heavy (non-hydrogen) atoms. The van der Waals surface area contributed by atoms with E-state index >= 15 is 0 Å². The van der Waals surface area contributed by atoms with Crippen molar-refractivity contribution >= 4 is 17.8 Å². The summed E-state index contributed by atoms with van der Waals surface area (Å²) in [5, 5.41) is 33.5. The summed E-state index contributed by atoms with van der Waals surface area (Å²) in [4.78, 5) is 36.7. The molecule has 7 N–H and O–H groups in total. The van der Waals surface area contributed by atoms with Gasteiger partial charge in [-0.1, -0.05) is 36.4 Å². The van der Waals surface area contributed by atoms with E-state index in [2.05, 4.69) is 10.6 Å². The Kier molecular flexibility index (Phi) is 7.01. The number of phenols is 2. The quantitative estimate of drug-likeness (QED) is 0.347. The molecular weight excluding hydrogens is 390 g/mol. The van der Waals surface area contributed by atoms with Crippen LogP contribution in [0.1, 0.15) is 31.0 Å². The molecule has 0 aliphatic carbocycles. The van der Waals surface area contributed by atoms with Crippen molar-refractivity contribution in [1.82, 2.24) is 10.6 Å². The minimum Gasteiger partial charge on any atom is -0.504 e. The molecule has 0 heterocycles. The lowest BCUT2D eigenvalue weighted by atomic mass is 9.92. The van der Waals surface area contributed by atoms with Gasteiger partial charge in [-0.15, -0.1) is 0 Å². The Hall–Kier alpha value is -3.59. The molecule has 2 aromatic rings. The van der Waals surface area contributed by atoms with Crippen LogP contribution in [0.3, 0.4) is 0 Å². The largest absolute Gasteiger partial charge is 0.504 e. The first-order valence-electron chi connectivity index (χ1n) is 9.20. The molecule has 0 spiro atoms. The van der Waals surface area contributed by atoms with Gasteiger partial charge in [0.25, 0.3) is 0 Å². The van der Waals surface area contributed by atoms with Gasteiger partial charge in [-0.25, -0.2) is 4.79 Å². The molecule has 2 rings (SSSR count). The first-order chi connectivity index (χ1) is 14.0. The maximum absolute atomic E-state index is 12.5. The summed E-state index contributed by atoms with van der Waals surface area (Å²) in [5.74, 6) is -3.34. The average Bonchev–Trinajstić information content (AvgIpc) is 2.70. The van der Waals surface area contributed by atoms with Crippen molar-refractivity contribution in [3.63, 3.8) is 0 Å². The van der Waals surface area contributed by atoms with Crippen LogP contribution in [0.2, 0.25) is 0 Å². The van der Waals surface area contributed by atoms with E-state index in [1.54, 1.807) is 30.3 Å². The number of carbonyl (C=O) groups is 3. The highest BCUT2D eigenvalue weighted by atomic mass is 16.4. The van der Waals surface area contributed by atoms with Crippen molar-refractivity contribution in [2.75, 3.05) is 0 Å². The van der Waals surface area contributed by atoms with E-state index in [1.165, 1.54) is 32.0 Å². The van der Waals surface area contributed by atoms with Gasteiger partial charge in [-0.2, -0.15) is 0 Å². The Bertz CT molecular complexity index is 934. The van der Waals surface area contributed by atoms with E-state index in [0.717, 1.165) is 0 Å². The Morgan fingerprint density at radius 1 is 1.03 bits per heavy atom. The molecule has 160 valence electrons. The maximum atomic E-state index is 12.5. The average molecular weight is 415 g/mol. The van der Waals surface area contributed by atoms with Gasteiger partial charge in [-0.3, -0.25) is 9.59 Å². The Balaban J connectivity index is 2.06. The van der Waals surface area contributed by atoms with Crippen LogP contribution in [0.5, 0.6) is 11.5 Å². The summed E-state index contributed by atoms with van der Waals surface area (Å²) in [6.07, 6.45) is -0.161. The second-order valence-corrected chi connectivity index (χ2v) is 7.24. The van der Waals surface area contributed by atoms with Gasteiger partial charge in [0.05, 0.1) is 0 Å². The normalized spacial score (nSPS) is 14.8. The lowest BCUT2D eigenvalue weighted by Crippen LogP contribution is -2.58. The van der Waals surface area contributed by atoms with Gasteiger partial charge >= 0.3 is 5.97 Å². The van der Waals surface area contributed by atoms with Crippen LogP contribution < -0.4 is 16.4 Å². The van der Waals surface area contributed by atoms with Crippen molar-refractivity contribution in [3.8, 4) is 11.5 Å². The zero-order chi connectivity index (χ0) is 22.5. The number of carboxylic acids is 1. The molecule has 2 amide bonds. The minimum atomic E-state index is -1.72. The van der Waals surface area contributed by atoms with Gasteiger partial charge in [0, 0.05) is 6.42 Å². The van der Waals surface area contributed by atoms with Crippen LogP contribution >= 0.6 is 0 Å². The first-order valence-corrected chi connectivity index (χ1v) is 9.20.